The summed E-state index contributed by atoms with van der Waals surface area (Å²) in [6.45, 7) is 0. The summed E-state index contributed by atoms with van der Waals surface area (Å²) < 4.78 is 4.79. The molecule has 4 nitrogen and oxygen atoms in total. The second-order valence-electron chi connectivity index (χ2n) is 7.57. The predicted molar refractivity (Wildman–Crippen MR) is 114 cm³/mol. The molecule has 0 fully saturated rings. The molecule has 29 heavy (non-hydrogen) atoms. The number of hydrogen-bond acceptors (Lipinski definition) is 4. The Balaban J connectivity index is 1.68. The molecule has 0 bridgehead atoms. The standard InChI is InChI=1S/C25H21NO3/c1-29-25(28)17-11-9-16(10-12-17)24-23-19(7-4-8-21(23)27)22-18-6-3-2-5-15(18)13-14-20(22)26-24/h2-3,5-6,9-14,24,26H,4,7-8H2,1H3/t24-/m1/s1. The van der Waals surface area contributed by atoms with Gasteiger partial charge in [-0.25, -0.2) is 4.79 Å². The molecule has 3 aromatic carbocycles. The summed E-state index contributed by atoms with van der Waals surface area (Å²) in [6, 6.07) is 19.7. The van der Waals surface area contributed by atoms with Crippen molar-refractivity contribution < 1.29 is 14.3 Å². The molecule has 5 rings (SSSR count). The quantitative estimate of drug-likeness (QED) is 0.610. The molecular formula is C25H21NO3. The van der Waals surface area contributed by atoms with Crippen molar-refractivity contribution >= 4 is 33.8 Å². The normalized spacial score (nSPS) is 18.1. The lowest BCUT2D eigenvalue weighted by molar-refractivity contribution is -0.116. The summed E-state index contributed by atoms with van der Waals surface area (Å²) in [6.07, 6.45) is 2.37. The van der Waals surface area contributed by atoms with Gasteiger partial charge >= 0.3 is 5.97 Å². The summed E-state index contributed by atoms with van der Waals surface area (Å²) in [5.41, 5.74) is 5.72. The zero-order valence-corrected chi connectivity index (χ0v) is 16.2. The largest absolute Gasteiger partial charge is 0.465 e. The fourth-order valence-corrected chi connectivity index (χ4v) is 4.58. The van der Waals surface area contributed by atoms with Gasteiger partial charge in [0.2, 0.25) is 0 Å². The van der Waals surface area contributed by atoms with Crippen LogP contribution in [-0.4, -0.2) is 18.9 Å². The molecule has 0 spiro atoms. The second kappa shape index (κ2) is 6.89. The highest BCUT2D eigenvalue weighted by Gasteiger charge is 2.34. The van der Waals surface area contributed by atoms with Crippen molar-refractivity contribution in [3.05, 3.63) is 82.9 Å². The van der Waals surface area contributed by atoms with Crippen LogP contribution in [0.2, 0.25) is 0 Å². The minimum absolute atomic E-state index is 0.208. The minimum atomic E-state index is -0.362. The molecule has 0 saturated carbocycles. The van der Waals surface area contributed by atoms with Crippen molar-refractivity contribution in [1.29, 1.82) is 0 Å². The number of ketones is 1. The van der Waals surface area contributed by atoms with Crippen molar-refractivity contribution in [2.45, 2.75) is 25.3 Å². The summed E-state index contributed by atoms with van der Waals surface area (Å²) >= 11 is 0. The van der Waals surface area contributed by atoms with Crippen molar-refractivity contribution in [3.8, 4) is 0 Å². The maximum atomic E-state index is 13.0. The number of hydrogen-bond donors (Lipinski definition) is 1. The number of benzene rings is 3. The number of esters is 1. The van der Waals surface area contributed by atoms with Crippen LogP contribution < -0.4 is 5.32 Å². The van der Waals surface area contributed by atoms with Gasteiger partial charge in [0.1, 0.15) is 0 Å². The van der Waals surface area contributed by atoms with E-state index in [1.54, 1.807) is 12.1 Å². The van der Waals surface area contributed by atoms with Crippen LogP contribution in [0.4, 0.5) is 5.69 Å². The smallest absolute Gasteiger partial charge is 0.337 e. The number of allylic oxidation sites excluding steroid dienone is 1. The number of nitrogens with one attached hydrogen (secondary N) is 1. The van der Waals surface area contributed by atoms with Gasteiger partial charge in [0, 0.05) is 23.2 Å². The average Bonchev–Trinajstić information content (AvgIpc) is 2.78. The van der Waals surface area contributed by atoms with Gasteiger partial charge in [-0.1, -0.05) is 42.5 Å². The number of fused-ring (bicyclic) bond motifs is 4. The third-order valence-corrected chi connectivity index (χ3v) is 5.94. The Hall–Kier alpha value is -3.40. The summed E-state index contributed by atoms with van der Waals surface area (Å²) in [5.74, 6) is -0.155. The molecule has 0 saturated heterocycles. The number of carbonyl (C=O) groups excluding carboxylic acids is 2. The molecule has 1 heterocycles. The fourth-order valence-electron chi connectivity index (χ4n) is 4.58. The van der Waals surface area contributed by atoms with Crippen LogP contribution in [0.5, 0.6) is 0 Å². The number of ether oxygens (including phenoxy) is 1. The van der Waals surface area contributed by atoms with Crippen LogP contribution in [0.15, 0.2) is 66.2 Å². The SMILES string of the molecule is COC(=O)c1ccc([C@H]2Nc3ccc4ccccc4c3C3=C2C(=O)CCC3)cc1. The molecule has 4 heteroatoms. The molecule has 1 atom stereocenters. The molecule has 0 amide bonds. The van der Waals surface area contributed by atoms with E-state index in [9.17, 15) is 9.59 Å². The van der Waals surface area contributed by atoms with Crippen LogP contribution in [-0.2, 0) is 9.53 Å². The lowest BCUT2D eigenvalue weighted by Crippen LogP contribution is -2.27. The first-order chi connectivity index (χ1) is 14.2. The monoisotopic (exact) mass is 383 g/mol. The zero-order valence-electron chi connectivity index (χ0n) is 16.2. The van der Waals surface area contributed by atoms with Crippen LogP contribution >= 0.6 is 0 Å². The zero-order chi connectivity index (χ0) is 20.0. The lowest BCUT2D eigenvalue weighted by Gasteiger charge is -2.35. The third-order valence-electron chi connectivity index (χ3n) is 5.94. The Morgan fingerprint density at radius 2 is 1.79 bits per heavy atom. The highest BCUT2D eigenvalue weighted by atomic mass is 16.5. The molecule has 0 radical (unpaired) electrons. The van der Waals surface area contributed by atoms with Crippen molar-refractivity contribution in [2.75, 3.05) is 12.4 Å². The average molecular weight is 383 g/mol. The lowest BCUT2D eigenvalue weighted by atomic mass is 9.77. The Morgan fingerprint density at radius 1 is 1.00 bits per heavy atom. The Morgan fingerprint density at radius 3 is 2.59 bits per heavy atom. The van der Waals surface area contributed by atoms with Gasteiger partial charge in [0.25, 0.3) is 0 Å². The summed E-state index contributed by atoms with van der Waals surface area (Å²) in [7, 11) is 1.37. The van der Waals surface area contributed by atoms with Gasteiger partial charge in [-0.15, -0.1) is 0 Å². The van der Waals surface area contributed by atoms with E-state index in [2.05, 4.69) is 29.6 Å². The van der Waals surface area contributed by atoms with Crippen LogP contribution in [0, 0.1) is 0 Å². The highest BCUT2D eigenvalue weighted by Crippen LogP contribution is 2.47. The van der Waals surface area contributed by atoms with E-state index < -0.39 is 0 Å². The third kappa shape index (κ3) is 2.83. The molecule has 1 aliphatic heterocycles. The first-order valence-corrected chi connectivity index (χ1v) is 9.90. The van der Waals surface area contributed by atoms with Crippen molar-refractivity contribution in [2.24, 2.45) is 0 Å². The molecule has 144 valence electrons. The van der Waals surface area contributed by atoms with E-state index in [0.717, 1.165) is 40.8 Å². The Labute approximate surface area is 169 Å². The molecule has 0 aromatic heterocycles. The van der Waals surface area contributed by atoms with Crippen molar-refractivity contribution in [1.82, 2.24) is 0 Å². The van der Waals surface area contributed by atoms with E-state index >= 15 is 0 Å². The van der Waals surface area contributed by atoms with E-state index in [-0.39, 0.29) is 17.8 Å². The molecule has 2 aliphatic rings. The van der Waals surface area contributed by atoms with E-state index in [4.69, 9.17) is 4.74 Å². The number of carbonyl (C=O) groups is 2. The molecular weight excluding hydrogens is 362 g/mol. The Bertz CT molecular complexity index is 1170. The number of anilines is 1. The molecule has 1 aliphatic carbocycles. The van der Waals surface area contributed by atoms with Gasteiger partial charge in [0.05, 0.1) is 18.7 Å². The van der Waals surface area contributed by atoms with E-state index in [1.165, 1.54) is 17.9 Å². The maximum absolute atomic E-state index is 13.0. The van der Waals surface area contributed by atoms with Gasteiger partial charge in [-0.2, -0.15) is 0 Å². The maximum Gasteiger partial charge on any atom is 0.337 e. The number of rotatable bonds is 2. The van der Waals surface area contributed by atoms with Gasteiger partial charge in [-0.3, -0.25) is 4.79 Å². The second-order valence-corrected chi connectivity index (χ2v) is 7.57. The van der Waals surface area contributed by atoms with Gasteiger partial charge in [0.15, 0.2) is 5.78 Å². The fraction of sp³-hybridized carbons (Fsp3) is 0.200. The van der Waals surface area contributed by atoms with Crippen LogP contribution in [0.3, 0.4) is 0 Å². The molecule has 3 aromatic rings. The van der Waals surface area contributed by atoms with Gasteiger partial charge in [-0.05, 0) is 52.9 Å². The number of Topliss-reactive ketones (excluding diaryl/α,β-unsaturated/α-hetero) is 1. The molecule has 1 N–H and O–H groups in total. The van der Waals surface area contributed by atoms with E-state index in [1.807, 2.05) is 24.3 Å². The Kier molecular flexibility index (Phi) is 4.20. The van der Waals surface area contributed by atoms with Crippen molar-refractivity contribution in [3.63, 3.8) is 0 Å². The van der Waals surface area contributed by atoms with E-state index in [0.29, 0.717) is 12.0 Å². The highest BCUT2D eigenvalue weighted by molar-refractivity contribution is 6.12. The minimum Gasteiger partial charge on any atom is -0.465 e. The summed E-state index contributed by atoms with van der Waals surface area (Å²) in [4.78, 5) is 24.8. The van der Waals surface area contributed by atoms with Crippen LogP contribution in [0.25, 0.3) is 16.3 Å². The predicted octanol–water partition coefficient (Wildman–Crippen LogP) is 5.30. The number of methoxy groups -OCH3 is 1. The molecule has 0 unspecified atom stereocenters. The van der Waals surface area contributed by atoms with Crippen LogP contribution in [0.1, 0.15) is 46.8 Å². The first kappa shape index (κ1) is 17.7. The van der Waals surface area contributed by atoms with Gasteiger partial charge < -0.3 is 10.1 Å². The summed E-state index contributed by atoms with van der Waals surface area (Å²) in [5, 5.41) is 5.96. The first-order valence-electron chi connectivity index (χ1n) is 9.90. The topological polar surface area (TPSA) is 55.4 Å².